The van der Waals surface area contributed by atoms with Gasteiger partial charge in [0.05, 0.1) is 17.5 Å². The van der Waals surface area contributed by atoms with Gasteiger partial charge in [-0.15, -0.1) is 11.6 Å². The Balaban J connectivity index is 2.23. The summed E-state index contributed by atoms with van der Waals surface area (Å²) >= 11 is 15.6. The standard InChI is InChI=1S/C16H12BrCl2NO/c1-10-4-14(17)6-13(7-18)16(10)21-9-12-3-2-11(8-20)5-15(12)19/h2-6H,7,9H2,1H3. The molecule has 5 heteroatoms. The number of rotatable bonds is 4. The molecular weight excluding hydrogens is 373 g/mol. The average Bonchev–Trinajstić information content (AvgIpc) is 2.46. The maximum atomic E-state index is 8.83. The number of hydrogen-bond donors (Lipinski definition) is 0. The highest BCUT2D eigenvalue weighted by Gasteiger charge is 2.10. The van der Waals surface area contributed by atoms with Gasteiger partial charge in [0.1, 0.15) is 12.4 Å². The van der Waals surface area contributed by atoms with Crippen LogP contribution in [0.15, 0.2) is 34.8 Å². The Kier molecular flexibility index (Phi) is 5.52. The largest absolute Gasteiger partial charge is 0.488 e. The number of hydrogen-bond acceptors (Lipinski definition) is 2. The number of nitrogens with zero attached hydrogens (tertiary/aromatic N) is 1. The summed E-state index contributed by atoms with van der Waals surface area (Å²) in [6, 6.07) is 11.1. The van der Waals surface area contributed by atoms with E-state index < -0.39 is 0 Å². The molecule has 108 valence electrons. The number of ether oxygens (including phenoxy) is 1. The molecule has 0 saturated carbocycles. The quantitative estimate of drug-likeness (QED) is 0.642. The van der Waals surface area contributed by atoms with Crippen LogP contribution in [0.4, 0.5) is 0 Å². The minimum atomic E-state index is 0.330. The number of halogens is 3. The molecule has 2 nitrogen and oxygen atoms in total. The van der Waals surface area contributed by atoms with Crippen molar-refractivity contribution in [2.45, 2.75) is 19.4 Å². The Labute approximate surface area is 142 Å². The predicted octanol–water partition coefficient (Wildman–Crippen LogP) is 5.60. The summed E-state index contributed by atoms with van der Waals surface area (Å²) in [5, 5.41) is 9.36. The van der Waals surface area contributed by atoms with Gasteiger partial charge in [-0.1, -0.05) is 33.6 Å². The van der Waals surface area contributed by atoms with Crippen LogP contribution in [0.5, 0.6) is 5.75 Å². The van der Waals surface area contributed by atoms with Crippen molar-refractivity contribution >= 4 is 39.1 Å². The van der Waals surface area contributed by atoms with E-state index in [1.807, 2.05) is 19.1 Å². The maximum absolute atomic E-state index is 8.83. The van der Waals surface area contributed by atoms with E-state index in [2.05, 4.69) is 22.0 Å². The summed E-state index contributed by atoms with van der Waals surface area (Å²) in [4.78, 5) is 0. The maximum Gasteiger partial charge on any atom is 0.127 e. The van der Waals surface area contributed by atoms with Gasteiger partial charge in [0.15, 0.2) is 0 Å². The van der Waals surface area contributed by atoms with E-state index >= 15 is 0 Å². The van der Waals surface area contributed by atoms with E-state index in [1.165, 1.54) is 0 Å². The van der Waals surface area contributed by atoms with Gasteiger partial charge in [-0.3, -0.25) is 0 Å². The van der Waals surface area contributed by atoms with Crippen LogP contribution in [0.1, 0.15) is 22.3 Å². The van der Waals surface area contributed by atoms with Crippen LogP contribution in [-0.2, 0) is 12.5 Å². The molecule has 0 aliphatic rings. The Morgan fingerprint density at radius 3 is 2.62 bits per heavy atom. The molecule has 0 aromatic heterocycles. The van der Waals surface area contributed by atoms with E-state index in [4.69, 9.17) is 33.2 Å². The predicted molar refractivity (Wildman–Crippen MR) is 88.9 cm³/mol. The van der Waals surface area contributed by atoms with Gasteiger partial charge < -0.3 is 4.74 Å². The van der Waals surface area contributed by atoms with E-state index in [0.29, 0.717) is 23.1 Å². The lowest BCUT2D eigenvalue weighted by Crippen LogP contribution is -2.01. The van der Waals surface area contributed by atoms with Crippen molar-refractivity contribution in [1.82, 2.24) is 0 Å². The second-order valence-corrected chi connectivity index (χ2v) is 6.14. The number of alkyl halides is 1. The molecule has 2 aromatic rings. The van der Waals surface area contributed by atoms with Crippen molar-refractivity contribution in [1.29, 1.82) is 5.26 Å². The molecule has 0 aliphatic heterocycles. The van der Waals surface area contributed by atoms with Gasteiger partial charge in [-0.05, 0) is 36.8 Å². The fourth-order valence-electron chi connectivity index (χ4n) is 1.99. The molecule has 0 radical (unpaired) electrons. The number of benzene rings is 2. The molecule has 21 heavy (non-hydrogen) atoms. The monoisotopic (exact) mass is 383 g/mol. The van der Waals surface area contributed by atoms with Gasteiger partial charge in [-0.2, -0.15) is 5.26 Å². The lowest BCUT2D eigenvalue weighted by atomic mass is 10.1. The first kappa shape index (κ1) is 16.2. The Bertz CT molecular complexity index is 710. The highest BCUT2D eigenvalue weighted by Crippen LogP contribution is 2.30. The SMILES string of the molecule is Cc1cc(Br)cc(CCl)c1OCc1ccc(C#N)cc1Cl. The molecule has 0 aliphatic carbocycles. The van der Waals surface area contributed by atoms with Gasteiger partial charge >= 0.3 is 0 Å². The summed E-state index contributed by atoms with van der Waals surface area (Å²) in [6.45, 7) is 2.30. The fourth-order valence-corrected chi connectivity index (χ4v) is 3.04. The molecule has 0 unspecified atom stereocenters. The van der Waals surface area contributed by atoms with Crippen molar-refractivity contribution in [2.75, 3.05) is 0 Å². The summed E-state index contributed by atoms with van der Waals surface area (Å²) in [5.74, 6) is 1.14. The van der Waals surface area contributed by atoms with Gasteiger partial charge in [0.25, 0.3) is 0 Å². The van der Waals surface area contributed by atoms with E-state index in [0.717, 1.165) is 26.9 Å². The molecule has 0 heterocycles. The zero-order chi connectivity index (χ0) is 15.4. The molecule has 0 amide bonds. The molecule has 0 spiro atoms. The smallest absolute Gasteiger partial charge is 0.127 e. The number of nitriles is 1. The minimum Gasteiger partial charge on any atom is -0.488 e. The number of aryl methyl sites for hydroxylation is 1. The van der Waals surface area contributed by atoms with E-state index in [9.17, 15) is 0 Å². The van der Waals surface area contributed by atoms with E-state index in [1.54, 1.807) is 18.2 Å². The second kappa shape index (κ2) is 7.17. The van der Waals surface area contributed by atoms with Crippen molar-refractivity contribution < 1.29 is 4.74 Å². The zero-order valence-electron chi connectivity index (χ0n) is 11.3. The van der Waals surface area contributed by atoms with Crippen molar-refractivity contribution in [3.63, 3.8) is 0 Å². The van der Waals surface area contributed by atoms with E-state index in [-0.39, 0.29) is 0 Å². The summed E-state index contributed by atoms with van der Waals surface area (Å²) in [6.07, 6.45) is 0. The third kappa shape index (κ3) is 3.91. The molecule has 0 bridgehead atoms. The normalized spacial score (nSPS) is 10.2. The molecule has 0 saturated heterocycles. The Morgan fingerprint density at radius 1 is 1.24 bits per heavy atom. The molecular formula is C16H12BrCl2NO. The molecule has 2 aromatic carbocycles. The van der Waals surface area contributed by atoms with Gasteiger partial charge in [0.2, 0.25) is 0 Å². The third-order valence-electron chi connectivity index (χ3n) is 3.01. The first-order chi connectivity index (χ1) is 10.0. The van der Waals surface area contributed by atoms with Crippen LogP contribution in [0.2, 0.25) is 5.02 Å². The van der Waals surface area contributed by atoms with Crippen LogP contribution >= 0.6 is 39.1 Å². The lowest BCUT2D eigenvalue weighted by molar-refractivity contribution is 0.301. The van der Waals surface area contributed by atoms with Crippen molar-refractivity contribution in [2.24, 2.45) is 0 Å². The zero-order valence-corrected chi connectivity index (χ0v) is 14.4. The molecule has 0 N–H and O–H groups in total. The van der Waals surface area contributed by atoms with Crippen LogP contribution in [0, 0.1) is 18.3 Å². The third-order valence-corrected chi connectivity index (χ3v) is 4.11. The molecule has 2 rings (SSSR count). The summed E-state index contributed by atoms with van der Waals surface area (Å²) in [7, 11) is 0. The van der Waals surface area contributed by atoms with Crippen LogP contribution in [0.25, 0.3) is 0 Å². The average molecular weight is 385 g/mol. The van der Waals surface area contributed by atoms with Crippen LogP contribution < -0.4 is 4.74 Å². The fraction of sp³-hybridized carbons (Fsp3) is 0.188. The van der Waals surface area contributed by atoms with Gasteiger partial charge in [-0.25, -0.2) is 0 Å². The van der Waals surface area contributed by atoms with Gasteiger partial charge in [0, 0.05) is 20.6 Å². The van der Waals surface area contributed by atoms with Crippen LogP contribution in [0.3, 0.4) is 0 Å². The van der Waals surface area contributed by atoms with Crippen molar-refractivity contribution in [3.05, 3.63) is 62.1 Å². The summed E-state index contributed by atoms with van der Waals surface area (Å²) in [5.41, 5.74) is 3.29. The summed E-state index contributed by atoms with van der Waals surface area (Å²) < 4.78 is 6.85. The topological polar surface area (TPSA) is 33.0 Å². The highest BCUT2D eigenvalue weighted by atomic mass is 79.9. The Hall–Kier alpha value is -1.21. The molecule has 0 fully saturated rings. The van der Waals surface area contributed by atoms with Crippen LogP contribution in [-0.4, -0.2) is 0 Å². The lowest BCUT2D eigenvalue weighted by Gasteiger charge is -2.14. The molecule has 0 atom stereocenters. The highest BCUT2D eigenvalue weighted by molar-refractivity contribution is 9.10. The first-order valence-electron chi connectivity index (χ1n) is 6.21. The second-order valence-electron chi connectivity index (χ2n) is 4.55. The first-order valence-corrected chi connectivity index (χ1v) is 7.92. The minimum absolute atomic E-state index is 0.330. The van der Waals surface area contributed by atoms with Crippen molar-refractivity contribution in [3.8, 4) is 11.8 Å². The Morgan fingerprint density at radius 2 is 2.00 bits per heavy atom.